The Morgan fingerprint density at radius 2 is 1.62 bits per heavy atom. The quantitative estimate of drug-likeness (QED) is 0.655. The van der Waals surface area contributed by atoms with Crippen LogP contribution in [-0.4, -0.2) is 41.8 Å². The van der Waals surface area contributed by atoms with Crippen molar-refractivity contribution in [2.45, 2.75) is 41.2 Å². The van der Waals surface area contributed by atoms with E-state index in [1.165, 1.54) is 10.9 Å². The van der Waals surface area contributed by atoms with E-state index in [0.717, 1.165) is 0 Å². The van der Waals surface area contributed by atoms with Gasteiger partial charge in [0.1, 0.15) is 0 Å². The Labute approximate surface area is 170 Å². The summed E-state index contributed by atoms with van der Waals surface area (Å²) in [5.74, 6) is 1.11. The molecule has 0 radical (unpaired) electrons. The van der Waals surface area contributed by atoms with Crippen LogP contribution in [0.4, 0.5) is 0 Å². The zero-order valence-electron chi connectivity index (χ0n) is 17.7. The molecule has 2 rings (SSSR count). The highest BCUT2D eigenvalue weighted by molar-refractivity contribution is 5.95. The van der Waals surface area contributed by atoms with Crippen molar-refractivity contribution in [3.63, 3.8) is 0 Å². The predicted octanol–water partition coefficient (Wildman–Crippen LogP) is 2.49. The summed E-state index contributed by atoms with van der Waals surface area (Å²) in [6, 6.07) is 3.27. The van der Waals surface area contributed by atoms with Crippen LogP contribution in [0.25, 0.3) is 0 Å². The SMILES string of the molecule is CCOc1cc(C(=O)NCCn2cnc(C)c(C)c2=O)cc(OCC)c1OCC. The second-order valence-electron chi connectivity index (χ2n) is 6.31. The van der Waals surface area contributed by atoms with Crippen LogP contribution in [0.5, 0.6) is 17.2 Å². The molecule has 0 aliphatic rings. The van der Waals surface area contributed by atoms with Crippen molar-refractivity contribution < 1.29 is 19.0 Å². The maximum absolute atomic E-state index is 12.7. The third-order valence-electron chi connectivity index (χ3n) is 4.32. The first-order valence-corrected chi connectivity index (χ1v) is 9.80. The number of hydrogen-bond donors (Lipinski definition) is 1. The molecule has 0 saturated carbocycles. The van der Waals surface area contributed by atoms with Gasteiger partial charge in [0.15, 0.2) is 11.5 Å². The van der Waals surface area contributed by atoms with Crippen LogP contribution in [0.15, 0.2) is 23.3 Å². The minimum Gasteiger partial charge on any atom is -0.490 e. The normalized spacial score (nSPS) is 10.5. The molecule has 29 heavy (non-hydrogen) atoms. The van der Waals surface area contributed by atoms with E-state index in [2.05, 4.69) is 10.3 Å². The van der Waals surface area contributed by atoms with E-state index < -0.39 is 0 Å². The summed E-state index contributed by atoms with van der Waals surface area (Å²) in [4.78, 5) is 29.1. The molecule has 158 valence electrons. The minimum atomic E-state index is -0.292. The van der Waals surface area contributed by atoms with Crippen molar-refractivity contribution in [1.82, 2.24) is 14.9 Å². The molecule has 1 heterocycles. The second kappa shape index (κ2) is 10.5. The average molecular weight is 403 g/mol. The molecule has 1 amide bonds. The van der Waals surface area contributed by atoms with Crippen molar-refractivity contribution in [3.8, 4) is 17.2 Å². The lowest BCUT2D eigenvalue weighted by atomic mass is 10.1. The molecule has 1 aromatic heterocycles. The van der Waals surface area contributed by atoms with Gasteiger partial charge in [0.05, 0.1) is 26.1 Å². The van der Waals surface area contributed by atoms with Crippen LogP contribution in [0.2, 0.25) is 0 Å². The van der Waals surface area contributed by atoms with Gasteiger partial charge in [0.2, 0.25) is 5.75 Å². The Morgan fingerprint density at radius 3 is 2.17 bits per heavy atom. The topological polar surface area (TPSA) is 91.7 Å². The van der Waals surface area contributed by atoms with Gasteiger partial charge in [-0.2, -0.15) is 0 Å². The molecule has 0 unspecified atom stereocenters. The molecule has 2 aromatic rings. The van der Waals surface area contributed by atoms with E-state index in [1.807, 2.05) is 20.8 Å². The number of carbonyl (C=O) groups is 1. The number of hydrogen-bond acceptors (Lipinski definition) is 6. The Hall–Kier alpha value is -3.03. The Balaban J connectivity index is 2.17. The van der Waals surface area contributed by atoms with E-state index >= 15 is 0 Å². The second-order valence-corrected chi connectivity index (χ2v) is 6.31. The van der Waals surface area contributed by atoms with Crippen LogP contribution < -0.4 is 25.1 Å². The van der Waals surface area contributed by atoms with Crippen molar-refractivity contribution in [2.75, 3.05) is 26.4 Å². The van der Waals surface area contributed by atoms with E-state index in [1.54, 1.807) is 26.0 Å². The number of nitrogens with zero attached hydrogens (tertiary/aromatic N) is 2. The maximum Gasteiger partial charge on any atom is 0.256 e. The maximum atomic E-state index is 12.7. The lowest BCUT2D eigenvalue weighted by Crippen LogP contribution is -2.32. The van der Waals surface area contributed by atoms with Crippen molar-refractivity contribution >= 4 is 5.91 Å². The molecule has 1 aromatic carbocycles. The smallest absolute Gasteiger partial charge is 0.256 e. The molecule has 0 atom stereocenters. The minimum absolute atomic E-state index is 0.106. The molecule has 1 N–H and O–H groups in total. The van der Waals surface area contributed by atoms with Crippen LogP contribution in [0, 0.1) is 13.8 Å². The van der Waals surface area contributed by atoms with Gasteiger partial charge in [-0.15, -0.1) is 0 Å². The number of aryl methyl sites for hydroxylation is 1. The van der Waals surface area contributed by atoms with Crippen molar-refractivity contribution in [2.24, 2.45) is 0 Å². The third-order valence-corrected chi connectivity index (χ3v) is 4.32. The number of benzene rings is 1. The predicted molar refractivity (Wildman–Crippen MR) is 110 cm³/mol. The first-order chi connectivity index (χ1) is 13.9. The summed E-state index contributed by atoms with van der Waals surface area (Å²) in [7, 11) is 0. The highest BCUT2D eigenvalue weighted by atomic mass is 16.5. The number of nitrogens with one attached hydrogen (secondary N) is 1. The Kier molecular flexibility index (Phi) is 8.06. The van der Waals surface area contributed by atoms with Crippen molar-refractivity contribution in [1.29, 1.82) is 0 Å². The summed E-state index contributed by atoms with van der Waals surface area (Å²) < 4.78 is 18.4. The van der Waals surface area contributed by atoms with E-state index in [-0.39, 0.29) is 18.0 Å². The first-order valence-electron chi connectivity index (χ1n) is 9.80. The van der Waals surface area contributed by atoms with Crippen molar-refractivity contribution in [3.05, 3.63) is 45.6 Å². The van der Waals surface area contributed by atoms with Crippen LogP contribution in [-0.2, 0) is 6.54 Å². The summed E-state index contributed by atoms with van der Waals surface area (Å²) in [5.41, 5.74) is 1.60. The summed E-state index contributed by atoms with van der Waals surface area (Å²) in [5, 5.41) is 2.82. The highest BCUT2D eigenvalue weighted by Crippen LogP contribution is 2.39. The number of rotatable bonds is 10. The molecule has 8 heteroatoms. The van der Waals surface area contributed by atoms with E-state index in [4.69, 9.17) is 14.2 Å². The largest absolute Gasteiger partial charge is 0.490 e. The van der Waals surface area contributed by atoms with Crippen LogP contribution in [0.3, 0.4) is 0 Å². The lowest BCUT2D eigenvalue weighted by molar-refractivity contribution is 0.0951. The average Bonchev–Trinajstić information content (AvgIpc) is 2.70. The molecule has 8 nitrogen and oxygen atoms in total. The van der Waals surface area contributed by atoms with Gasteiger partial charge in [-0.05, 0) is 46.8 Å². The molecule has 0 saturated heterocycles. The monoisotopic (exact) mass is 403 g/mol. The molecule has 0 fully saturated rings. The van der Waals surface area contributed by atoms with Gasteiger partial charge in [-0.3, -0.25) is 14.2 Å². The molecule has 0 aliphatic carbocycles. The number of carbonyl (C=O) groups excluding carboxylic acids is 1. The summed E-state index contributed by atoms with van der Waals surface area (Å²) in [6.07, 6.45) is 1.49. The fourth-order valence-electron chi connectivity index (χ4n) is 2.75. The molecule has 0 aliphatic heterocycles. The van der Waals surface area contributed by atoms with Gasteiger partial charge in [-0.1, -0.05) is 0 Å². The first kappa shape index (κ1) is 22.3. The Bertz CT molecular complexity index is 881. The van der Waals surface area contributed by atoms with Gasteiger partial charge in [0.25, 0.3) is 11.5 Å². The van der Waals surface area contributed by atoms with Crippen LogP contribution >= 0.6 is 0 Å². The van der Waals surface area contributed by atoms with Gasteiger partial charge in [0, 0.05) is 29.9 Å². The summed E-state index contributed by atoms with van der Waals surface area (Å²) >= 11 is 0. The highest BCUT2D eigenvalue weighted by Gasteiger charge is 2.18. The van der Waals surface area contributed by atoms with Gasteiger partial charge >= 0.3 is 0 Å². The number of ether oxygens (including phenoxy) is 3. The van der Waals surface area contributed by atoms with Crippen LogP contribution in [0.1, 0.15) is 42.4 Å². The summed E-state index contributed by atoms with van der Waals surface area (Å²) in [6.45, 7) is 11.0. The fourth-order valence-corrected chi connectivity index (χ4v) is 2.75. The molecular formula is C21H29N3O5. The van der Waals surface area contributed by atoms with Gasteiger partial charge in [-0.25, -0.2) is 4.98 Å². The zero-order chi connectivity index (χ0) is 21.4. The molecule has 0 spiro atoms. The lowest BCUT2D eigenvalue weighted by Gasteiger charge is -2.17. The number of aromatic nitrogens is 2. The van der Waals surface area contributed by atoms with E-state index in [9.17, 15) is 9.59 Å². The van der Waals surface area contributed by atoms with Gasteiger partial charge < -0.3 is 19.5 Å². The van der Waals surface area contributed by atoms with E-state index in [0.29, 0.717) is 60.4 Å². The fraction of sp³-hybridized carbons (Fsp3) is 0.476. The number of amides is 1. The third kappa shape index (κ3) is 5.49. The molecular weight excluding hydrogens is 374 g/mol. The Morgan fingerprint density at radius 1 is 1.03 bits per heavy atom. The molecule has 0 bridgehead atoms. The standard InChI is InChI=1S/C21H29N3O5/c1-6-27-17-11-16(12-18(28-7-2)19(17)29-8-3)20(25)22-9-10-24-13-23-15(5)14(4)21(24)26/h11-13H,6-10H2,1-5H3,(H,22,25). The zero-order valence-corrected chi connectivity index (χ0v) is 17.7.